The van der Waals surface area contributed by atoms with E-state index in [4.69, 9.17) is 4.99 Å². The molecule has 0 bridgehead atoms. The first kappa shape index (κ1) is 15.1. The van der Waals surface area contributed by atoms with Crippen molar-refractivity contribution in [3.05, 3.63) is 29.3 Å². The molecule has 2 heteroatoms. The zero-order valence-electron chi connectivity index (χ0n) is 13.0. The van der Waals surface area contributed by atoms with Crippen LogP contribution in [0, 0.1) is 0 Å². The van der Waals surface area contributed by atoms with Gasteiger partial charge >= 0.3 is 0 Å². The van der Waals surface area contributed by atoms with Crippen molar-refractivity contribution in [3.63, 3.8) is 0 Å². The third kappa shape index (κ3) is 3.84. The van der Waals surface area contributed by atoms with Crippen molar-refractivity contribution in [3.8, 4) is 5.75 Å². The molecule has 1 fully saturated rings. The number of hydrogen-bond acceptors (Lipinski definition) is 2. The second-order valence-corrected chi connectivity index (χ2v) is 6.92. The van der Waals surface area contributed by atoms with E-state index in [1.165, 1.54) is 38.5 Å². The third-order valence-electron chi connectivity index (χ3n) is 4.12. The van der Waals surface area contributed by atoms with Crippen LogP contribution in [-0.2, 0) is 5.41 Å². The summed E-state index contributed by atoms with van der Waals surface area (Å²) < 4.78 is 0. The minimum absolute atomic E-state index is 0.0454. The maximum atomic E-state index is 10.4. The molecular weight excluding hydrogens is 246 g/mol. The van der Waals surface area contributed by atoms with Gasteiger partial charge in [-0.15, -0.1) is 0 Å². The molecule has 1 aromatic carbocycles. The van der Waals surface area contributed by atoms with E-state index in [1.54, 1.807) is 0 Å². The van der Waals surface area contributed by atoms with Gasteiger partial charge in [0.2, 0.25) is 0 Å². The quantitative estimate of drug-likeness (QED) is 0.607. The number of phenols is 1. The molecule has 1 aromatic rings. The summed E-state index contributed by atoms with van der Waals surface area (Å²) in [5, 5.41) is 10.4. The van der Waals surface area contributed by atoms with E-state index < -0.39 is 0 Å². The molecule has 20 heavy (non-hydrogen) atoms. The number of aromatic hydroxyl groups is 1. The molecule has 110 valence electrons. The Labute approximate surface area is 122 Å². The highest BCUT2D eigenvalue weighted by Gasteiger charge is 2.19. The Hall–Kier alpha value is -1.31. The number of nitrogens with zero attached hydrogens (tertiary/aromatic N) is 1. The Kier molecular flexibility index (Phi) is 4.85. The first-order valence-corrected chi connectivity index (χ1v) is 7.84. The van der Waals surface area contributed by atoms with Crippen LogP contribution in [0.5, 0.6) is 5.75 Å². The monoisotopic (exact) mass is 273 g/mol. The SMILES string of the molecule is CC(C)(C)c1cccc(C=NC2CCCCCC2)c1O. The molecule has 0 heterocycles. The number of phenolic OH excluding ortho intramolecular Hbond substituents is 1. The molecule has 1 aliphatic rings. The molecule has 0 atom stereocenters. The summed E-state index contributed by atoms with van der Waals surface area (Å²) in [5.74, 6) is 0.386. The summed E-state index contributed by atoms with van der Waals surface area (Å²) in [7, 11) is 0. The molecule has 0 aromatic heterocycles. The fraction of sp³-hybridized carbons (Fsp3) is 0.611. The van der Waals surface area contributed by atoms with Crippen LogP contribution in [0.15, 0.2) is 23.2 Å². The highest BCUT2D eigenvalue weighted by molar-refractivity contribution is 5.84. The predicted molar refractivity (Wildman–Crippen MR) is 85.9 cm³/mol. The molecule has 0 spiro atoms. The van der Waals surface area contributed by atoms with Gasteiger partial charge in [0.15, 0.2) is 0 Å². The average Bonchev–Trinajstić information content (AvgIpc) is 2.64. The van der Waals surface area contributed by atoms with Crippen LogP contribution in [0.1, 0.15) is 70.4 Å². The van der Waals surface area contributed by atoms with Crippen molar-refractivity contribution in [1.82, 2.24) is 0 Å². The lowest BCUT2D eigenvalue weighted by atomic mass is 9.85. The number of para-hydroxylation sites is 1. The van der Waals surface area contributed by atoms with Gasteiger partial charge in [-0.25, -0.2) is 0 Å². The first-order chi connectivity index (χ1) is 9.48. The Bertz CT molecular complexity index is 463. The van der Waals surface area contributed by atoms with Crippen molar-refractivity contribution in [2.24, 2.45) is 4.99 Å². The normalized spacial score (nSPS) is 18.4. The summed E-state index contributed by atoms with van der Waals surface area (Å²) >= 11 is 0. The van der Waals surface area contributed by atoms with Crippen LogP contribution in [0.3, 0.4) is 0 Å². The number of aliphatic imine (C=N–C) groups is 1. The Balaban J connectivity index is 2.16. The number of hydrogen-bond donors (Lipinski definition) is 1. The van der Waals surface area contributed by atoms with Crippen LogP contribution in [0.25, 0.3) is 0 Å². The highest BCUT2D eigenvalue weighted by atomic mass is 16.3. The lowest BCUT2D eigenvalue weighted by Crippen LogP contribution is -2.12. The van der Waals surface area contributed by atoms with Crippen LogP contribution in [0.4, 0.5) is 0 Å². The van der Waals surface area contributed by atoms with Crippen LogP contribution >= 0.6 is 0 Å². The lowest BCUT2D eigenvalue weighted by Gasteiger charge is -2.21. The van der Waals surface area contributed by atoms with Crippen molar-refractivity contribution in [2.45, 2.75) is 70.8 Å². The lowest BCUT2D eigenvalue weighted by molar-refractivity contribution is 0.446. The maximum Gasteiger partial charge on any atom is 0.128 e. The molecular formula is C18H27NO. The zero-order chi connectivity index (χ0) is 14.6. The van der Waals surface area contributed by atoms with Gasteiger partial charge in [-0.3, -0.25) is 4.99 Å². The van der Waals surface area contributed by atoms with Gasteiger partial charge in [0, 0.05) is 17.8 Å². The maximum absolute atomic E-state index is 10.4. The minimum atomic E-state index is -0.0454. The third-order valence-corrected chi connectivity index (χ3v) is 4.12. The smallest absolute Gasteiger partial charge is 0.128 e. The molecule has 1 saturated carbocycles. The second-order valence-electron chi connectivity index (χ2n) is 6.92. The molecule has 0 unspecified atom stereocenters. The molecule has 1 aliphatic carbocycles. The fourth-order valence-electron chi connectivity index (χ4n) is 2.86. The summed E-state index contributed by atoms with van der Waals surface area (Å²) in [6.07, 6.45) is 9.52. The van der Waals surface area contributed by atoms with E-state index in [9.17, 15) is 5.11 Å². The Morgan fingerprint density at radius 2 is 1.75 bits per heavy atom. The van der Waals surface area contributed by atoms with Crippen molar-refractivity contribution >= 4 is 6.21 Å². The van der Waals surface area contributed by atoms with Crippen molar-refractivity contribution < 1.29 is 5.11 Å². The zero-order valence-corrected chi connectivity index (χ0v) is 13.0. The molecule has 0 saturated heterocycles. The fourth-order valence-corrected chi connectivity index (χ4v) is 2.86. The van der Waals surface area contributed by atoms with E-state index in [0.717, 1.165) is 11.1 Å². The van der Waals surface area contributed by atoms with Gasteiger partial charge in [0.1, 0.15) is 5.75 Å². The summed E-state index contributed by atoms with van der Waals surface area (Å²) in [5.41, 5.74) is 1.79. The van der Waals surface area contributed by atoms with Gasteiger partial charge in [-0.05, 0) is 29.9 Å². The summed E-state index contributed by atoms with van der Waals surface area (Å²) in [6, 6.07) is 6.40. The summed E-state index contributed by atoms with van der Waals surface area (Å²) in [6.45, 7) is 6.36. The van der Waals surface area contributed by atoms with Crippen LogP contribution in [0.2, 0.25) is 0 Å². The predicted octanol–water partition coefficient (Wildman–Crippen LogP) is 4.83. The van der Waals surface area contributed by atoms with E-state index in [0.29, 0.717) is 11.8 Å². The Morgan fingerprint density at radius 3 is 2.35 bits per heavy atom. The van der Waals surface area contributed by atoms with Crippen LogP contribution < -0.4 is 0 Å². The summed E-state index contributed by atoms with van der Waals surface area (Å²) in [4.78, 5) is 4.71. The van der Waals surface area contributed by atoms with Crippen LogP contribution in [-0.4, -0.2) is 17.4 Å². The van der Waals surface area contributed by atoms with Gasteiger partial charge < -0.3 is 5.11 Å². The van der Waals surface area contributed by atoms with E-state index in [-0.39, 0.29) is 5.41 Å². The van der Waals surface area contributed by atoms with Gasteiger partial charge in [-0.1, -0.05) is 58.6 Å². The molecule has 2 nitrogen and oxygen atoms in total. The van der Waals surface area contributed by atoms with E-state index >= 15 is 0 Å². The Morgan fingerprint density at radius 1 is 1.10 bits per heavy atom. The van der Waals surface area contributed by atoms with E-state index in [2.05, 4.69) is 20.8 Å². The average molecular weight is 273 g/mol. The molecule has 0 radical (unpaired) electrons. The standard InChI is InChI=1S/C18H27NO/c1-18(2,3)16-12-8-9-14(17(16)20)13-19-15-10-6-4-5-7-11-15/h8-9,12-13,15,20H,4-7,10-11H2,1-3H3. The van der Waals surface area contributed by atoms with E-state index in [1.807, 2.05) is 24.4 Å². The van der Waals surface area contributed by atoms with Gasteiger partial charge in [0.05, 0.1) is 0 Å². The van der Waals surface area contributed by atoms with Crippen molar-refractivity contribution in [2.75, 3.05) is 0 Å². The number of rotatable bonds is 2. The molecule has 1 N–H and O–H groups in total. The highest BCUT2D eigenvalue weighted by Crippen LogP contribution is 2.32. The number of benzene rings is 1. The molecule has 0 aliphatic heterocycles. The molecule has 0 amide bonds. The van der Waals surface area contributed by atoms with Gasteiger partial charge in [-0.2, -0.15) is 0 Å². The largest absolute Gasteiger partial charge is 0.507 e. The van der Waals surface area contributed by atoms with Crippen molar-refractivity contribution in [1.29, 1.82) is 0 Å². The minimum Gasteiger partial charge on any atom is -0.507 e. The second kappa shape index (κ2) is 6.43. The molecule has 2 rings (SSSR count). The van der Waals surface area contributed by atoms with Gasteiger partial charge in [0.25, 0.3) is 0 Å². The first-order valence-electron chi connectivity index (χ1n) is 7.84. The topological polar surface area (TPSA) is 32.6 Å².